The maximum absolute atomic E-state index is 12.1. The van der Waals surface area contributed by atoms with Gasteiger partial charge in [0.2, 0.25) is 0 Å². The van der Waals surface area contributed by atoms with Gasteiger partial charge in [-0.05, 0) is 50.8 Å². The number of rotatable bonds is 4. The number of carbonyl (C=O) groups is 1. The van der Waals surface area contributed by atoms with E-state index in [0.29, 0.717) is 25.1 Å². The summed E-state index contributed by atoms with van der Waals surface area (Å²) in [4.78, 5) is 18.5. The largest absolute Gasteiger partial charge is 0.465 e. The van der Waals surface area contributed by atoms with Crippen LogP contribution in [0.3, 0.4) is 0 Å². The number of carboxylic acid groups (broad SMARTS) is 1. The number of aryl methyl sites for hydroxylation is 1. The van der Waals surface area contributed by atoms with Crippen molar-refractivity contribution in [2.75, 3.05) is 16.4 Å². The molecule has 176 valence electrons. The van der Waals surface area contributed by atoms with Gasteiger partial charge in [0.1, 0.15) is 15.7 Å². The SMILES string of the molecule is C[C@@H](Cn1cccn1)c1nc2c3c(ccc2n1C1CCS(=O)(=O)CC1)N(C(=O)O)[C@@H](C)CC3. The van der Waals surface area contributed by atoms with Crippen LogP contribution in [0.2, 0.25) is 0 Å². The van der Waals surface area contributed by atoms with Gasteiger partial charge in [-0.1, -0.05) is 6.92 Å². The van der Waals surface area contributed by atoms with Crippen LogP contribution in [-0.4, -0.2) is 56.5 Å². The monoisotopic (exact) mass is 471 g/mol. The number of fused-ring (bicyclic) bond motifs is 3. The first-order valence-corrected chi connectivity index (χ1v) is 13.3. The fourth-order valence-corrected chi connectivity index (χ4v) is 6.81. The molecule has 0 radical (unpaired) electrons. The zero-order valence-corrected chi connectivity index (χ0v) is 19.7. The fourth-order valence-electron chi connectivity index (χ4n) is 5.35. The minimum Gasteiger partial charge on any atom is -0.465 e. The summed E-state index contributed by atoms with van der Waals surface area (Å²) in [5.74, 6) is 1.31. The van der Waals surface area contributed by atoms with Gasteiger partial charge in [0.25, 0.3) is 0 Å². The van der Waals surface area contributed by atoms with Crippen molar-refractivity contribution < 1.29 is 18.3 Å². The van der Waals surface area contributed by atoms with Crippen LogP contribution < -0.4 is 4.90 Å². The van der Waals surface area contributed by atoms with Crippen LogP contribution in [0.5, 0.6) is 0 Å². The third-order valence-corrected chi connectivity index (χ3v) is 8.75. The Morgan fingerprint density at radius 1 is 1.24 bits per heavy atom. The van der Waals surface area contributed by atoms with Crippen LogP contribution in [0.25, 0.3) is 11.0 Å². The second-order valence-electron chi connectivity index (χ2n) is 9.32. The van der Waals surface area contributed by atoms with Crippen LogP contribution >= 0.6 is 0 Å². The predicted molar refractivity (Wildman–Crippen MR) is 126 cm³/mol. The lowest BCUT2D eigenvalue weighted by atomic mass is 9.95. The van der Waals surface area contributed by atoms with Gasteiger partial charge in [-0.2, -0.15) is 5.10 Å². The van der Waals surface area contributed by atoms with E-state index < -0.39 is 15.9 Å². The number of aromatic nitrogens is 4. The Labute approximate surface area is 192 Å². The number of sulfone groups is 1. The Hall–Kier alpha value is -2.88. The third-order valence-electron chi connectivity index (χ3n) is 7.04. The Morgan fingerprint density at radius 2 is 2.00 bits per heavy atom. The summed E-state index contributed by atoms with van der Waals surface area (Å²) in [7, 11) is -2.99. The molecule has 1 aromatic carbocycles. The van der Waals surface area contributed by atoms with E-state index in [-0.39, 0.29) is 29.5 Å². The predicted octanol–water partition coefficient (Wildman–Crippen LogP) is 3.61. The van der Waals surface area contributed by atoms with Crippen molar-refractivity contribution in [3.63, 3.8) is 0 Å². The smallest absolute Gasteiger partial charge is 0.412 e. The number of hydrogen-bond acceptors (Lipinski definition) is 5. The van der Waals surface area contributed by atoms with Crippen molar-refractivity contribution in [3.8, 4) is 0 Å². The minimum absolute atomic E-state index is 0.0459. The first-order chi connectivity index (χ1) is 15.7. The van der Waals surface area contributed by atoms with Gasteiger partial charge in [0.05, 0.1) is 34.8 Å². The topological polar surface area (TPSA) is 110 Å². The van der Waals surface area contributed by atoms with Gasteiger partial charge in [0, 0.05) is 36.0 Å². The van der Waals surface area contributed by atoms with Gasteiger partial charge < -0.3 is 9.67 Å². The standard InChI is InChI=1S/C23H29N5O4S/c1-15(14-26-11-3-10-24-26)22-25-21-18-5-4-16(2)27(23(29)30)19(18)6-7-20(21)28(22)17-8-12-33(31,32)13-9-17/h3,6-7,10-11,15-17H,4-5,8-9,12-14H2,1-2H3,(H,29,30)/t15-,16-/m0/s1. The van der Waals surface area contributed by atoms with Crippen molar-refractivity contribution in [3.05, 3.63) is 42.0 Å². The molecule has 2 aliphatic heterocycles. The van der Waals surface area contributed by atoms with Crippen molar-refractivity contribution in [2.45, 2.75) is 64.1 Å². The average Bonchev–Trinajstić information content (AvgIpc) is 3.41. The molecule has 2 aromatic heterocycles. The van der Waals surface area contributed by atoms with E-state index in [2.05, 4.69) is 16.6 Å². The zero-order valence-electron chi connectivity index (χ0n) is 18.9. The molecule has 1 amide bonds. The van der Waals surface area contributed by atoms with E-state index in [4.69, 9.17) is 4.98 Å². The quantitative estimate of drug-likeness (QED) is 0.622. The van der Waals surface area contributed by atoms with E-state index in [1.54, 1.807) is 6.20 Å². The first-order valence-electron chi connectivity index (χ1n) is 11.5. The Bertz CT molecular complexity index is 1280. The number of anilines is 1. The summed E-state index contributed by atoms with van der Waals surface area (Å²) in [6.45, 7) is 4.69. The van der Waals surface area contributed by atoms with Crippen molar-refractivity contribution >= 4 is 32.7 Å². The van der Waals surface area contributed by atoms with Gasteiger partial charge in [-0.3, -0.25) is 9.58 Å². The highest BCUT2D eigenvalue weighted by molar-refractivity contribution is 7.91. The van der Waals surface area contributed by atoms with Crippen LogP contribution in [0.1, 0.15) is 56.5 Å². The van der Waals surface area contributed by atoms with Gasteiger partial charge in [0.15, 0.2) is 0 Å². The molecule has 0 saturated carbocycles. The number of benzene rings is 1. The second kappa shape index (κ2) is 8.16. The number of amides is 1. The van der Waals surface area contributed by atoms with E-state index in [1.807, 2.05) is 36.0 Å². The normalized spacial score (nSPS) is 21.8. The number of imidazole rings is 1. The molecule has 2 atom stereocenters. The number of nitrogens with zero attached hydrogens (tertiary/aromatic N) is 5. The average molecular weight is 472 g/mol. The summed E-state index contributed by atoms with van der Waals surface area (Å²) >= 11 is 0. The van der Waals surface area contributed by atoms with Crippen LogP contribution in [0.15, 0.2) is 30.6 Å². The molecular weight excluding hydrogens is 442 g/mol. The molecule has 0 spiro atoms. The molecule has 10 heteroatoms. The molecule has 0 unspecified atom stereocenters. The molecule has 4 heterocycles. The lowest BCUT2D eigenvalue weighted by Crippen LogP contribution is -2.41. The van der Waals surface area contributed by atoms with Crippen molar-refractivity contribution in [1.29, 1.82) is 0 Å². The minimum atomic E-state index is -2.99. The summed E-state index contributed by atoms with van der Waals surface area (Å²) in [6.07, 6.45) is 5.35. The van der Waals surface area contributed by atoms with E-state index >= 15 is 0 Å². The summed E-state index contributed by atoms with van der Waals surface area (Å²) in [6, 6.07) is 5.70. The lowest BCUT2D eigenvalue weighted by Gasteiger charge is -2.33. The molecule has 0 bridgehead atoms. The van der Waals surface area contributed by atoms with Gasteiger partial charge in [-0.15, -0.1) is 0 Å². The Morgan fingerprint density at radius 3 is 2.67 bits per heavy atom. The highest BCUT2D eigenvalue weighted by atomic mass is 32.2. The summed E-state index contributed by atoms with van der Waals surface area (Å²) in [5.41, 5.74) is 3.46. The van der Waals surface area contributed by atoms with Crippen LogP contribution in [0.4, 0.5) is 10.5 Å². The lowest BCUT2D eigenvalue weighted by molar-refractivity contribution is 0.198. The molecule has 9 nitrogen and oxygen atoms in total. The van der Waals surface area contributed by atoms with E-state index in [1.165, 1.54) is 4.90 Å². The summed E-state index contributed by atoms with van der Waals surface area (Å²) in [5, 5.41) is 14.1. The maximum atomic E-state index is 12.1. The third kappa shape index (κ3) is 3.90. The van der Waals surface area contributed by atoms with Gasteiger partial charge >= 0.3 is 6.09 Å². The molecule has 33 heavy (non-hydrogen) atoms. The molecule has 1 N–H and O–H groups in total. The first kappa shape index (κ1) is 21.9. The second-order valence-corrected chi connectivity index (χ2v) is 11.6. The highest BCUT2D eigenvalue weighted by Crippen LogP contribution is 2.39. The van der Waals surface area contributed by atoms with Crippen molar-refractivity contribution in [2.24, 2.45) is 0 Å². The van der Waals surface area contributed by atoms with Gasteiger partial charge in [-0.25, -0.2) is 18.2 Å². The van der Waals surface area contributed by atoms with Crippen LogP contribution in [-0.2, 0) is 22.8 Å². The van der Waals surface area contributed by atoms with Crippen molar-refractivity contribution in [1.82, 2.24) is 19.3 Å². The summed E-state index contributed by atoms with van der Waals surface area (Å²) < 4.78 is 28.3. The van der Waals surface area contributed by atoms with E-state index in [0.717, 1.165) is 35.3 Å². The molecule has 5 rings (SSSR count). The Kier molecular flexibility index (Phi) is 5.43. The molecule has 1 saturated heterocycles. The van der Waals surface area contributed by atoms with Crippen LogP contribution in [0, 0.1) is 0 Å². The molecular formula is C23H29N5O4S. The maximum Gasteiger partial charge on any atom is 0.412 e. The molecule has 0 aliphatic carbocycles. The molecule has 1 fully saturated rings. The highest BCUT2D eigenvalue weighted by Gasteiger charge is 2.33. The fraction of sp³-hybridized carbons (Fsp3) is 0.522. The molecule has 2 aliphatic rings. The Balaban J connectivity index is 1.64. The zero-order chi connectivity index (χ0) is 23.3. The number of hydrogen-bond donors (Lipinski definition) is 1. The van der Waals surface area contributed by atoms with E-state index in [9.17, 15) is 18.3 Å². The molecule has 3 aromatic rings.